The molecule has 0 spiro atoms. The summed E-state index contributed by atoms with van der Waals surface area (Å²) in [5.74, 6) is 0. The van der Waals surface area contributed by atoms with E-state index in [4.69, 9.17) is 17.3 Å². The van der Waals surface area contributed by atoms with E-state index >= 15 is 0 Å². The quantitative estimate of drug-likeness (QED) is 0.633. The van der Waals surface area contributed by atoms with Crippen LogP contribution in [0.3, 0.4) is 0 Å². The van der Waals surface area contributed by atoms with Gasteiger partial charge in [-0.25, -0.2) is 0 Å². The van der Waals surface area contributed by atoms with Gasteiger partial charge in [0.15, 0.2) is 0 Å². The number of rotatable bonds is 0. The van der Waals surface area contributed by atoms with Crippen LogP contribution in [0, 0.1) is 0 Å². The molecule has 1 nitrogen and oxygen atoms in total. The Morgan fingerprint density at radius 2 is 2.15 bits per heavy atom. The topological polar surface area (TPSA) is 26.0 Å². The predicted molar refractivity (Wildman–Crippen MR) is 55.9 cm³/mol. The van der Waals surface area contributed by atoms with Gasteiger partial charge in [0.1, 0.15) is 0 Å². The Hall–Kier alpha value is -0.530. The molecule has 0 radical (unpaired) electrons. The summed E-state index contributed by atoms with van der Waals surface area (Å²) in [6.07, 6.45) is 4.73. The van der Waals surface area contributed by atoms with Crippen molar-refractivity contribution in [3.63, 3.8) is 0 Å². The van der Waals surface area contributed by atoms with Gasteiger partial charge in [0.25, 0.3) is 0 Å². The minimum atomic E-state index is 0.191. The SMILES string of the molecule is NC1CCCCc2ccc(Cl)cc21. The molecular weight excluding hydrogens is 182 g/mol. The monoisotopic (exact) mass is 195 g/mol. The number of nitrogens with two attached hydrogens (primary N) is 1. The van der Waals surface area contributed by atoms with E-state index in [0.717, 1.165) is 17.9 Å². The Kier molecular flexibility index (Phi) is 2.56. The van der Waals surface area contributed by atoms with E-state index in [1.807, 2.05) is 12.1 Å². The maximum Gasteiger partial charge on any atom is 0.0409 e. The lowest BCUT2D eigenvalue weighted by Gasteiger charge is -2.12. The van der Waals surface area contributed by atoms with E-state index in [2.05, 4.69) is 6.07 Å². The first-order valence-corrected chi connectivity index (χ1v) is 5.19. The summed E-state index contributed by atoms with van der Waals surface area (Å²) >= 11 is 5.94. The molecule has 0 aliphatic heterocycles. The van der Waals surface area contributed by atoms with E-state index in [9.17, 15) is 0 Å². The van der Waals surface area contributed by atoms with Crippen molar-refractivity contribution >= 4 is 11.6 Å². The highest BCUT2D eigenvalue weighted by Crippen LogP contribution is 2.28. The third-order valence-corrected chi connectivity index (χ3v) is 2.95. The molecular formula is C11H14ClN. The summed E-state index contributed by atoms with van der Waals surface area (Å²) in [4.78, 5) is 0. The Morgan fingerprint density at radius 1 is 1.31 bits per heavy atom. The van der Waals surface area contributed by atoms with E-state index in [1.165, 1.54) is 24.0 Å². The standard InChI is InChI=1S/C11H14ClN/c12-9-6-5-8-3-1-2-4-11(13)10(8)7-9/h5-7,11H,1-4,13H2. The highest BCUT2D eigenvalue weighted by atomic mass is 35.5. The first-order valence-electron chi connectivity index (χ1n) is 4.81. The van der Waals surface area contributed by atoms with Gasteiger partial charge in [-0.1, -0.05) is 24.1 Å². The van der Waals surface area contributed by atoms with E-state index in [1.54, 1.807) is 0 Å². The van der Waals surface area contributed by atoms with Crippen molar-refractivity contribution in [2.24, 2.45) is 5.73 Å². The molecule has 1 aliphatic rings. The van der Waals surface area contributed by atoms with Gasteiger partial charge in [-0.15, -0.1) is 0 Å². The first kappa shape index (κ1) is 9.04. The van der Waals surface area contributed by atoms with E-state index in [0.29, 0.717) is 0 Å². The molecule has 0 saturated heterocycles. The molecule has 0 heterocycles. The smallest absolute Gasteiger partial charge is 0.0409 e. The van der Waals surface area contributed by atoms with E-state index in [-0.39, 0.29) is 6.04 Å². The number of halogens is 1. The molecule has 1 aromatic rings. The summed E-state index contributed by atoms with van der Waals surface area (Å²) in [6, 6.07) is 6.28. The number of benzene rings is 1. The molecule has 1 unspecified atom stereocenters. The summed E-state index contributed by atoms with van der Waals surface area (Å²) in [7, 11) is 0. The second-order valence-corrected chi connectivity index (χ2v) is 4.13. The fourth-order valence-electron chi connectivity index (χ4n) is 1.97. The van der Waals surface area contributed by atoms with Gasteiger partial charge < -0.3 is 5.73 Å². The lowest BCUT2D eigenvalue weighted by atomic mass is 10.00. The average molecular weight is 196 g/mol. The van der Waals surface area contributed by atoms with E-state index < -0.39 is 0 Å². The van der Waals surface area contributed by atoms with Crippen LogP contribution in [-0.2, 0) is 6.42 Å². The van der Waals surface area contributed by atoms with Gasteiger partial charge >= 0.3 is 0 Å². The van der Waals surface area contributed by atoms with Gasteiger partial charge in [-0.3, -0.25) is 0 Å². The molecule has 0 fully saturated rings. The van der Waals surface area contributed by atoms with Crippen LogP contribution >= 0.6 is 11.6 Å². The number of fused-ring (bicyclic) bond motifs is 1. The second-order valence-electron chi connectivity index (χ2n) is 3.70. The van der Waals surface area contributed by atoms with Crippen molar-refractivity contribution in [2.45, 2.75) is 31.7 Å². The lowest BCUT2D eigenvalue weighted by molar-refractivity contribution is 0.615. The second kappa shape index (κ2) is 3.69. The molecule has 2 rings (SSSR count). The van der Waals surface area contributed by atoms with Crippen molar-refractivity contribution in [1.29, 1.82) is 0 Å². The van der Waals surface area contributed by atoms with Crippen molar-refractivity contribution in [3.05, 3.63) is 34.3 Å². The highest BCUT2D eigenvalue weighted by molar-refractivity contribution is 6.30. The molecule has 0 bridgehead atoms. The Labute approximate surface area is 83.9 Å². The zero-order valence-corrected chi connectivity index (χ0v) is 8.35. The van der Waals surface area contributed by atoms with Crippen LogP contribution in [0.15, 0.2) is 18.2 Å². The molecule has 1 aromatic carbocycles. The van der Waals surface area contributed by atoms with Crippen LogP contribution in [0.1, 0.15) is 36.4 Å². The maximum absolute atomic E-state index is 6.06. The lowest BCUT2D eigenvalue weighted by Crippen LogP contribution is -2.10. The molecule has 0 aromatic heterocycles. The van der Waals surface area contributed by atoms with Gasteiger partial charge in [-0.2, -0.15) is 0 Å². The molecule has 13 heavy (non-hydrogen) atoms. The average Bonchev–Trinajstić information content (AvgIpc) is 2.29. The predicted octanol–water partition coefficient (Wildman–Crippen LogP) is 3.07. The van der Waals surface area contributed by atoms with Crippen molar-refractivity contribution in [1.82, 2.24) is 0 Å². The minimum absolute atomic E-state index is 0.191. The van der Waals surface area contributed by atoms with Gasteiger partial charge in [0.2, 0.25) is 0 Å². The third-order valence-electron chi connectivity index (χ3n) is 2.72. The van der Waals surface area contributed by atoms with Crippen molar-refractivity contribution in [3.8, 4) is 0 Å². The first-order chi connectivity index (χ1) is 6.27. The fourth-order valence-corrected chi connectivity index (χ4v) is 2.15. The zero-order valence-electron chi connectivity index (χ0n) is 7.59. The van der Waals surface area contributed by atoms with Crippen LogP contribution in [0.25, 0.3) is 0 Å². The third kappa shape index (κ3) is 1.87. The Bertz CT molecular complexity index is 309. The Balaban J connectivity index is 2.43. The zero-order chi connectivity index (χ0) is 9.26. The number of hydrogen-bond acceptors (Lipinski definition) is 1. The van der Waals surface area contributed by atoms with Crippen molar-refractivity contribution < 1.29 is 0 Å². The normalized spacial score (nSPS) is 22.2. The number of hydrogen-bond donors (Lipinski definition) is 1. The van der Waals surface area contributed by atoms with Gasteiger partial charge in [0.05, 0.1) is 0 Å². The maximum atomic E-state index is 6.06. The molecule has 1 atom stereocenters. The molecule has 0 saturated carbocycles. The summed E-state index contributed by atoms with van der Waals surface area (Å²) < 4.78 is 0. The highest BCUT2D eigenvalue weighted by Gasteiger charge is 2.14. The Morgan fingerprint density at radius 3 is 3.00 bits per heavy atom. The summed E-state index contributed by atoms with van der Waals surface area (Å²) in [5.41, 5.74) is 8.69. The fraction of sp³-hybridized carbons (Fsp3) is 0.455. The molecule has 1 aliphatic carbocycles. The van der Waals surface area contributed by atoms with Crippen LogP contribution in [0.5, 0.6) is 0 Å². The molecule has 2 heteroatoms. The molecule has 70 valence electrons. The van der Waals surface area contributed by atoms with Crippen LogP contribution in [0.4, 0.5) is 0 Å². The van der Waals surface area contributed by atoms with Crippen LogP contribution in [0.2, 0.25) is 5.02 Å². The van der Waals surface area contributed by atoms with Crippen LogP contribution in [-0.4, -0.2) is 0 Å². The van der Waals surface area contributed by atoms with Crippen LogP contribution < -0.4 is 5.73 Å². The summed E-state index contributed by atoms with van der Waals surface area (Å²) in [6.45, 7) is 0. The molecule has 2 N–H and O–H groups in total. The molecule has 0 amide bonds. The largest absolute Gasteiger partial charge is 0.324 e. The number of aryl methyl sites for hydroxylation is 1. The van der Waals surface area contributed by atoms with Gasteiger partial charge in [0, 0.05) is 11.1 Å². The van der Waals surface area contributed by atoms with Gasteiger partial charge in [-0.05, 0) is 42.5 Å². The minimum Gasteiger partial charge on any atom is -0.324 e. The van der Waals surface area contributed by atoms with Crippen molar-refractivity contribution in [2.75, 3.05) is 0 Å². The summed E-state index contributed by atoms with van der Waals surface area (Å²) in [5, 5.41) is 0.802.